The van der Waals surface area contributed by atoms with Gasteiger partial charge in [-0.05, 0) is 31.0 Å². The standard InChI is InChI=1S/C14H17NO/c1-2-3-12-4-6-13(7-5-12)10-15-9-8-14(16)11-15/h4-7,14,16H,8-11H2,1H3. The average molecular weight is 215 g/mol. The Morgan fingerprint density at radius 2 is 2.12 bits per heavy atom. The highest BCUT2D eigenvalue weighted by Gasteiger charge is 2.19. The molecule has 2 nitrogen and oxygen atoms in total. The van der Waals surface area contributed by atoms with Crippen molar-refractivity contribution < 1.29 is 5.11 Å². The van der Waals surface area contributed by atoms with E-state index in [0.29, 0.717) is 0 Å². The highest BCUT2D eigenvalue weighted by molar-refractivity contribution is 5.35. The molecular weight excluding hydrogens is 198 g/mol. The number of hydrogen-bond donors (Lipinski definition) is 1. The van der Waals surface area contributed by atoms with Crippen molar-refractivity contribution in [2.75, 3.05) is 13.1 Å². The SMILES string of the molecule is CC#Cc1ccc(CN2CCC(O)C2)cc1. The van der Waals surface area contributed by atoms with Gasteiger partial charge in [-0.1, -0.05) is 18.1 Å². The molecule has 1 N–H and O–H groups in total. The summed E-state index contributed by atoms with van der Waals surface area (Å²) < 4.78 is 0. The molecule has 1 atom stereocenters. The van der Waals surface area contributed by atoms with Crippen molar-refractivity contribution in [3.05, 3.63) is 35.4 Å². The minimum absolute atomic E-state index is 0.134. The lowest BCUT2D eigenvalue weighted by Crippen LogP contribution is -2.21. The molecule has 16 heavy (non-hydrogen) atoms. The molecule has 0 spiro atoms. The summed E-state index contributed by atoms with van der Waals surface area (Å²) >= 11 is 0. The largest absolute Gasteiger partial charge is 0.392 e. The Morgan fingerprint density at radius 3 is 2.69 bits per heavy atom. The van der Waals surface area contributed by atoms with Gasteiger partial charge in [-0.25, -0.2) is 0 Å². The Labute approximate surface area is 96.9 Å². The second kappa shape index (κ2) is 5.16. The van der Waals surface area contributed by atoms with Gasteiger partial charge in [-0.3, -0.25) is 4.90 Å². The first-order valence-corrected chi connectivity index (χ1v) is 5.70. The van der Waals surface area contributed by atoms with Crippen LogP contribution in [0.15, 0.2) is 24.3 Å². The van der Waals surface area contributed by atoms with E-state index >= 15 is 0 Å². The van der Waals surface area contributed by atoms with Crippen molar-refractivity contribution in [1.29, 1.82) is 0 Å². The second-order valence-electron chi connectivity index (χ2n) is 4.25. The minimum atomic E-state index is -0.134. The molecule has 0 bridgehead atoms. The molecule has 1 fully saturated rings. The molecule has 1 unspecified atom stereocenters. The summed E-state index contributed by atoms with van der Waals surface area (Å²) in [6, 6.07) is 8.34. The molecule has 0 saturated carbocycles. The number of aliphatic hydroxyl groups excluding tert-OH is 1. The number of rotatable bonds is 2. The summed E-state index contributed by atoms with van der Waals surface area (Å²) in [6.45, 7) is 4.57. The van der Waals surface area contributed by atoms with E-state index in [1.165, 1.54) is 5.56 Å². The fourth-order valence-electron chi connectivity index (χ4n) is 2.05. The molecule has 0 amide bonds. The van der Waals surface area contributed by atoms with Gasteiger partial charge in [0.05, 0.1) is 6.10 Å². The van der Waals surface area contributed by atoms with Crippen LogP contribution in [-0.2, 0) is 6.54 Å². The zero-order chi connectivity index (χ0) is 11.4. The first-order valence-electron chi connectivity index (χ1n) is 5.70. The molecule has 1 aliphatic heterocycles. The molecule has 0 aromatic heterocycles. The van der Waals surface area contributed by atoms with E-state index in [1.807, 2.05) is 6.92 Å². The fourth-order valence-corrected chi connectivity index (χ4v) is 2.05. The summed E-state index contributed by atoms with van der Waals surface area (Å²) in [5, 5.41) is 9.43. The van der Waals surface area contributed by atoms with Crippen LogP contribution in [0.2, 0.25) is 0 Å². The first-order chi connectivity index (χ1) is 7.78. The van der Waals surface area contributed by atoms with E-state index in [0.717, 1.165) is 31.6 Å². The topological polar surface area (TPSA) is 23.5 Å². The molecule has 1 aliphatic rings. The van der Waals surface area contributed by atoms with Gasteiger partial charge in [0.1, 0.15) is 0 Å². The molecule has 2 heteroatoms. The number of benzene rings is 1. The summed E-state index contributed by atoms with van der Waals surface area (Å²) in [5.41, 5.74) is 2.35. The van der Waals surface area contributed by atoms with Gasteiger partial charge >= 0.3 is 0 Å². The highest BCUT2D eigenvalue weighted by atomic mass is 16.3. The van der Waals surface area contributed by atoms with Crippen LogP contribution in [0.3, 0.4) is 0 Å². The number of nitrogens with zero attached hydrogens (tertiary/aromatic N) is 1. The Balaban J connectivity index is 1.96. The van der Waals surface area contributed by atoms with Crippen LogP contribution in [0.25, 0.3) is 0 Å². The molecule has 1 saturated heterocycles. The average Bonchev–Trinajstić information content (AvgIpc) is 2.67. The van der Waals surface area contributed by atoms with E-state index in [1.54, 1.807) is 0 Å². The highest BCUT2D eigenvalue weighted by Crippen LogP contribution is 2.13. The third kappa shape index (κ3) is 2.85. The van der Waals surface area contributed by atoms with Crippen LogP contribution in [0, 0.1) is 11.8 Å². The Bertz CT molecular complexity index is 399. The van der Waals surface area contributed by atoms with Crippen LogP contribution in [-0.4, -0.2) is 29.2 Å². The number of hydrogen-bond acceptors (Lipinski definition) is 2. The lowest BCUT2D eigenvalue weighted by atomic mass is 10.1. The van der Waals surface area contributed by atoms with Crippen LogP contribution < -0.4 is 0 Å². The molecule has 2 rings (SSSR count). The van der Waals surface area contributed by atoms with E-state index in [4.69, 9.17) is 0 Å². The van der Waals surface area contributed by atoms with Crippen molar-refractivity contribution in [2.45, 2.75) is 26.0 Å². The van der Waals surface area contributed by atoms with Gasteiger partial charge in [0, 0.05) is 25.2 Å². The van der Waals surface area contributed by atoms with Gasteiger partial charge in [0.15, 0.2) is 0 Å². The van der Waals surface area contributed by atoms with E-state index < -0.39 is 0 Å². The Kier molecular flexibility index (Phi) is 3.61. The van der Waals surface area contributed by atoms with Crippen molar-refractivity contribution >= 4 is 0 Å². The van der Waals surface area contributed by atoms with E-state index in [2.05, 4.69) is 41.0 Å². The van der Waals surface area contributed by atoms with Crippen molar-refractivity contribution in [3.8, 4) is 11.8 Å². The quantitative estimate of drug-likeness (QED) is 0.758. The van der Waals surface area contributed by atoms with Gasteiger partial charge in [-0.15, -0.1) is 5.92 Å². The van der Waals surface area contributed by atoms with E-state index in [-0.39, 0.29) is 6.10 Å². The van der Waals surface area contributed by atoms with Crippen molar-refractivity contribution in [1.82, 2.24) is 4.90 Å². The zero-order valence-corrected chi connectivity index (χ0v) is 9.61. The molecule has 0 aliphatic carbocycles. The first kappa shape index (κ1) is 11.2. The van der Waals surface area contributed by atoms with Crippen LogP contribution in [0.1, 0.15) is 24.5 Å². The summed E-state index contributed by atoms with van der Waals surface area (Å²) in [6.07, 6.45) is 0.768. The zero-order valence-electron chi connectivity index (χ0n) is 9.61. The van der Waals surface area contributed by atoms with E-state index in [9.17, 15) is 5.11 Å². The maximum Gasteiger partial charge on any atom is 0.0679 e. The minimum Gasteiger partial charge on any atom is -0.392 e. The smallest absolute Gasteiger partial charge is 0.0679 e. The summed E-state index contributed by atoms with van der Waals surface area (Å²) in [4.78, 5) is 2.28. The molecule has 1 aromatic carbocycles. The van der Waals surface area contributed by atoms with Gasteiger partial charge < -0.3 is 5.11 Å². The molecule has 1 aromatic rings. The predicted octanol–water partition coefficient (Wildman–Crippen LogP) is 1.62. The number of likely N-dealkylation sites (tertiary alicyclic amines) is 1. The monoisotopic (exact) mass is 215 g/mol. The predicted molar refractivity (Wildman–Crippen MR) is 64.9 cm³/mol. The molecule has 84 valence electrons. The van der Waals surface area contributed by atoms with Gasteiger partial charge in [0.25, 0.3) is 0 Å². The maximum atomic E-state index is 9.43. The summed E-state index contributed by atoms with van der Waals surface area (Å²) in [5.74, 6) is 5.92. The van der Waals surface area contributed by atoms with Crippen LogP contribution in [0.4, 0.5) is 0 Å². The normalized spacial score (nSPS) is 20.5. The van der Waals surface area contributed by atoms with Crippen LogP contribution in [0.5, 0.6) is 0 Å². The summed E-state index contributed by atoms with van der Waals surface area (Å²) in [7, 11) is 0. The van der Waals surface area contributed by atoms with Gasteiger partial charge in [-0.2, -0.15) is 0 Å². The third-order valence-corrected chi connectivity index (χ3v) is 2.88. The lowest BCUT2D eigenvalue weighted by molar-refractivity contribution is 0.175. The number of β-amino-alcohol motifs (C(OH)–C–C–N with tert-alkyl or cyclic N) is 1. The van der Waals surface area contributed by atoms with Crippen LogP contribution >= 0.6 is 0 Å². The van der Waals surface area contributed by atoms with Crippen molar-refractivity contribution in [2.24, 2.45) is 0 Å². The third-order valence-electron chi connectivity index (χ3n) is 2.88. The Hall–Kier alpha value is -1.30. The lowest BCUT2D eigenvalue weighted by Gasteiger charge is -2.14. The van der Waals surface area contributed by atoms with Crippen molar-refractivity contribution in [3.63, 3.8) is 0 Å². The van der Waals surface area contributed by atoms with Gasteiger partial charge in [0.2, 0.25) is 0 Å². The Morgan fingerprint density at radius 1 is 1.38 bits per heavy atom. The maximum absolute atomic E-state index is 9.43. The molecule has 1 heterocycles. The second-order valence-corrected chi connectivity index (χ2v) is 4.25. The molecular formula is C14H17NO. The fraction of sp³-hybridized carbons (Fsp3) is 0.429. The number of aliphatic hydroxyl groups is 1. The molecule has 0 radical (unpaired) electrons.